The van der Waals surface area contributed by atoms with Crippen LogP contribution in [0.5, 0.6) is 0 Å². The van der Waals surface area contributed by atoms with Crippen LogP contribution in [0.3, 0.4) is 0 Å². The summed E-state index contributed by atoms with van der Waals surface area (Å²) in [4.78, 5) is 7.09. The molecule has 19 heavy (non-hydrogen) atoms. The van der Waals surface area contributed by atoms with Gasteiger partial charge in [-0.05, 0) is 31.9 Å². The number of aliphatic hydroxyl groups is 1. The van der Waals surface area contributed by atoms with Crippen molar-refractivity contribution in [2.24, 2.45) is 0 Å². The first-order valence-corrected chi connectivity index (χ1v) is 7.14. The zero-order chi connectivity index (χ0) is 13.2. The van der Waals surface area contributed by atoms with Crippen molar-refractivity contribution >= 4 is 11.5 Å². The van der Waals surface area contributed by atoms with Gasteiger partial charge in [-0.25, -0.2) is 4.98 Å². The Bertz CT molecular complexity index is 564. The average molecular weight is 259 g/mol. The van der Waals surface area contributed by atoms with Gasteiger partial charge >= 0.3 is 0 Å². The molecule has 1 unspecified atom stereocenters. The van der Waals surface area contributed by atoms with Gasteiger partial charge in [0.25, 0.3) is 0 Å². The molecule has 3 heterocycles. The smallest absolute Gasteiger partial charge is 0.153 e. The molecule has 1 fully saturated rings. The molecule has 0 saturated carbocycles. The Hall–Kier alpha value is -1.55. The molecule has 1 aliphatic heterocycles. The van der Waals surface area contributed by atoms with Crippen LogP contribution in [0, 0.1) is 0 Å². The molecule has 2 aromatic heterocycles. The highest BCUT2D eigenvalue weighted by atomic mass is 16.3. The standard InChI is InChI=1S/C15H21N3O/c1-12-7-3-2-5-9-17(12)15-13(11-19)18-10-6-4-8-14(18)16-15/h4,6,8,10,12,19H,2-3,5,7,9,11H2,1H3. The third kappa shape index (κ3) is 2.21. The highest BCUT2D eigenvalue weighted by Crippen LogP contribution is 2.27. The van der Waals surface area contributed by atoms with Crippen LogP contribution in [0.4, 0.5) is 5.82 Å². The van der Waals surface area contributed by atoms with E-state index in [0.29, 0.717) is 6.04 Å². The van der Waals surface area contributed by atoms with E-state index in [-0.39, 0.29) is 6.61 Å². The molecule has 3 rings (SSSR count). The zero-order valence-electron chi connectivity index (χ0n) is 11.4. The molecule has 102 valence electrons. The van der Waals surface area contributed by atoms with Gasteiger partial charge in [0.1, 0.15) is 5.65 Å². The summed E-state index contributed by atoms with van der Waals surface area (Å²) in [6.45, 7) is 3.33. The lowest BCUT2D eigenvalue weighted by molar-refractivity contribution is 0.276. The van der Waals surface area contributed by atoms with Crippen LogP contribution in [0.15, 0.2) is 24.4 Å². The third-order valence-electron chi connectivity index (χ3n) is 4.08. The minimum atomic E-state index is 0.0315. The van der Waals surface area contributed by atoms with Gasteiger partial charge in [-0.1, -0.05) is 18.9 Å². The summed E-state index contributed by atoms with van der Waals surface area (Å²) in [6.07, 6.45) is 6.98. The summed E-state index contributed by atoms with van der Waals surface area (Å²) in [5.41, 5.74) is 1.82. The monoisotopic (exact) mass is 259 g/mol. The van der Waals surface area contributed by atoms with Crippen LogP contribution < -0.4 is 4.90 Å². The second-order valence-electron chi connectivity index (χ2n) is 5.36. The lowest BCUT2D eigenvalue weighted by Crippen LogP contribution is -2.33. The van der Waals surface area contributed by atoms with Gasteiger partial charge in [-0.3, -0.25) is 4.40 Å². The van der Waals surface area contributed by atoms with Crippen LogP contribution in [0.1, 0.15) is 38.3 Å². The summed E-state index contributed by atoms with van der Waals surface area (Å²) < 4.78 is 1.99. The van der Waals surface area contributed by atoms with Crippen molar-refractivity contribution in [1.29, 1.82) is 0 Å². The Labute approximate surface area is 113 Å². The minimum absolute atomic E-state index is 0.0315. The second-order valence-corrected chi connectivity index (χ2v) is 5.36. The number of anilines is 1. The van der Waals surface area contributed by atoms with Crippen molar-refractivity contribution in [3.05, 3.63) is 30.1 Å². The highest BCUT2D eigenvalue weighted by Gasteiger charge is 2.23. The summed E-state index contributed by atoms with van der Waals surface area (Å²) in [5, 5.41) is 9.71. The molecule has 0 bridgehead atoms. The maximum atomic E-state index is 9.71. The second kappa shape index (κ2) is 5.21. The number of nitrogens with zero attached hydrogens (tertiary/aromatic N) is 3. The molecule has 0 amide bonds. The fraction of sp³-hybridized carbons (Fsp3) is 0.533. The number of hydrogen-bond donors (Lipinski definition) is 1. The molecule has 1 atom stereocenters. The molecular weight excluding hydrogens is 238 g/mol. The van der Waals surface area contributed by atoms with E-state index in [0.717, 1.165) is 23.7 Å². The van der Waals surface area contributed by atoms with Crippen molar-refractivity contribution < 1.29 is 5.11 Å². The van der Waals surface area contributed by atoms with Gasteiger partial charge in [0.15, 0.2) is 5.82 Å². The lowest BCUT2D eigenvalue weighted by atomic mass is 10.1. The number of imidazole rings is 1. The SMILES string of the molecule is CC1CCCCCN1c1nc2ccccn2c1CO. The number of pyridine rings is 1. The first-order valence-electron chi connectivity index (χ1n) is 7.14. The molecule has 1 N–H and O–H groups in total. The molecule has 4 heteroatoms. The van der Waals surface area contributed by atoms with Crippen molar-refractivity contribution in [1.82, 2.24) is 9.38 Å². The summed E-state index contributed by atoms with van der Waals surface area (Å²) in [6, 6.07) is 6.45. The topological polar surface area (TPSA) is 40.8 Å². The van der Waals surface area contributed by atoms with E-state index in [1.54, 1.807) is 0 Å². The van der Waals surface area contributed by atoms with Gasteiger partial charge < -0.3 is 10.0 Å². The molecule has 1 saturated heterocycles. The normalized spacial score (nSPS) is 20.7. The van der Waals surface area contributed by atoms with E-state index < -0.39 is 0 Å². The molecule has 1 aliphatic rings. The Balaban J connectivity index is 2.07. The van der Waals surface area contributed by atoms with E-state index in [1.807, 2.05) is 28.8 Å². The molecule has 4 nitrogen and oxygen atoms in total. The van der Waals surface area contributed by atoms with Crippen LogP contribution >= 0.6 is 0 Å². The number of aromatic nitrogens is 2. The van der Waals surface area contributed by atoms with E-state index in [4.69, 9.17) is 4.98 Å². The number of rotatable bonds is 2. The van der Waals surface area contributed by atoms with E-state index in [1.165, 1.54) is 25.7 Å². The van der Waals surface area contributed by atoms with E-state index in [9.17, 15) is 5.11 Å². The summed E-state index contributed by atoms with van der Waals surface area (Å²) in [5.74, 6) is 0.961. The zero-order valence-corrected chi connectivity index (χ0v) is 11.4. The maximum absolute atomic E-state index is 9.71. The summed E-state index contributed by atoms with van der Waals surface area (Å²) in [7, 11) is 0. The maximum Gasteiger partial charge on any atom is 0.153 e. The van der Waals surface area contributed by atoms with Crippen LogP contribution in [-0.4, -0.2) is 27.1 Å². The minimum Gasteiger partial charge on any atom is -0.390 e. The van der Waals surface area contributed by atoms with Crippen LogP contribution in [-0.2, 0) is 6.61 Å². The third-order valence-corrected chi connectivity index (χ3v) is 4.08. The fourth-order valence-electron chi connectivity index (χ4n) is 3.00. The largest absolute Gasteiger partial charge is 0.390 e. The Morgan fingerprint density at radius 1 is 1.32 bits per heavy atom. The lowest BCUT2D eigenvalue weighted by Gasteiger charge is -2.28. The first-order chi connectivity index (χ1) is 9.31. The van der Waals surface area contributed by atoms with Gasteiger partial charge in [0.2, 0.25) is 0 Å². The average Bonchev–Trinajstić information content (AvgIpc) is 2.67. The van der Waals surface area contributed by atoms with Crippen molar-refractivity contribution in [3.8, 4) is 0 Å². The Kier molecular flexibility index (Phi) is 3.42. The van der Waals surface area contributed by atoms with Gasteiger partial charge in [0, 0.05) is 18.8 Å². The van der Waals surface area contributed by atoms with E-state index in [2.05, 4.69) is 11.8 Å². The van der Waals surface area contributed by atoms with Crippen molar-refractivity contribution in [2.45, 2.75) is 45.3 Å². The number of aliphatic hydroxyl groups excluding tert-OH is 1. The van der Waals surface area contributed by atoms with E-state index >= 15 is 0 Å². The first kappa shape index (κ1) is 12.5. The molecule has 0 spiro atoms. The van der Waals surface area contributed by atoms with Gasteiger partial charge in [-0.2, -0.15) is 0 Å². The predicted octanol–water partition coefficient (Wildman–Crippen LogP) is 2.60. The molecule has 2 aromatic rings. The molecular formula is C15H21N3O. The van der Waals surface area contributed by atoms with Gasteiger partial charge in [-0.15, -0.1) is 0 Å². The Morgan fingerprint density at radius 3 is 3.05 bits per heavy atom. The molecule has 0 aromatic carbocycles. The number of hydrogen-bond acceptors (Lipinski definition) is 3. The molecule has 0 aliphatic carbocycles. The molecule has 0 radical (unpaired) electrons. The van der Waals surface area contributed by atoms with Crippen molar-refractivity contribution in [3.63, 3.8) is 0 Å². The van der Waals surface area contributed by atoms with Crippen LogP contribution in [0.2, 0.25) is 0 Å². The van der Waals surface area contributed by atoms with Gasteiger partial charge in [0.05, 0.1) is 12.3 Å². The fourth-order valence-corrected chi connectivity index (χ4v) is 3.00. The van der Waals surface area contributed by atoms with Crippen LogP contribution in [0.25, 0.3) is 5.65 Å². The predicted molar refractivity (Wildman–Crippen MR) is 76.4 cm³/mol. The Morgan fingerprint density at radius 2 is 2.21 bits per heavy atom. The summed E-state index contributed by atoms with van der Waals surface area (Å²) >= 11 is 0. The quantitative estimate of drug-likeness (QED) is 0.901. The number of fused-ring (bicyclic) bond motifs is 1. The van der Waals surface area contributed by atoms with Crippen molar-refractivity contribution in [2.75, 3.05) is 11.4 Å². The highest BCUT2D eigenvalue weighted by molar-refractivity contribution is 5.56.